The molecule has 1 heterocycles. The summed E-state index contributed by atoms with van der Waals surface area (Å²) in [5, 5.41) is 6.05. The van der Waals surface area contributed by atoms with Crippen LogP contribution in [-0.4, -0.2) is 25.0 Å². The summed E-state index contributed by atoms with van der Waals surface area (Å²) in [4.78, 5) is 24.4. The van der Waals surface area contributed by atoms with Crippen LogP contribution in [0.2, 0.25) is 0 Å². The van der Waals surface area contributed by atoms with E-state index >= 15 is 0 Å². The molecule has 4 N–H and O–H groups in total. The molecule has 0 saturated heterocycles. The summed E-state index contributed by atoms with van der Waals surface area (Å²) in [5.41, 5.74) is 9.70. The smallest absolute Gasteiger partial charge is 0.255 e. The Morgan fingerprint density at radius 1 is 1.00 bits per heavy atom. The maximum absolute atomic E-state index is 12.4. The number of ether oxygens (including phenoxy) is 2. The summed E-state index contributed by atoms with van der Waals surface area (Å²) >= 11 is 0. The van der Waals surface area contributed by atoms with Gasteiger partial charge < -0.3 is 25.8 Å². The molecular formula is C25H23N3O4. The summed E-state index contributed by atoms with van der Waals surface area (Å²) in [6.45, 7) is 2.18. The Kier molecular flexibility index (Phi) is 6.07. The molecule has 0 atom stereocenters. The second kappa shape index (κ2) is 9.26. The average Bonchev–Trinajstić information content (AvgIpc) is 3.25. The number of para-hydroxylation sites is 2. The van der Waals surface area contributed by atoms with E-state index in [9.17, 15) is 9.59 Å². The van der Waals surface area contributed by atoms with Gasteiger partial charge in [0.1, 0.15) is 0 Å². The van der Waals surface area contributed by atoms with Crippen LogP contribution >= 0.6 is 0 Å². The highest BCUT2D eigenvalue weighted by atomic mass is 16.7. The minimum absolute atomic E-state index is 0.0547. The number of nitrogens with two attached hydrogens (primary N) is 1. The highest BCUT2D eigenvalue weighted by Gasteiger charge is 2.18. The summed E-state index contributed by atoms with van der Waals surface area (Å²) < 4.78 is 10.7. The first kappa shape index (κ1) is 21.0. The van der Waals surface area contributed by atoms with Gasteiger partial charge in [0.15, 0.2) is 17.3 Å². The van der Waals surface area contributed by atoms with Crippen LogP contribution < -0.4 is 25.8 Å². The maximum atomic E-state index is 12.4. The van der Waals surface area contributed by atoms with Gasteiger partial charge in [0.25, 0.3) is 5.91 Å². The van der Waals surface area contributed by atoms with Gasteiger partial charge in [-0.3, -0.25) is 9.59 Å². The van der Waals surface area contributed by atoms with E-state index in [2.05, 4.69) is 10.6 Å². The Bertz CT molecular complexity index is 1190. The van der Waals surface area contributed by atoms with Crippen LogP contribution in [0.15, 0.2) is 66.7 Å². The number of nitrogens with one attached hydrogen (secondary N) is 2. The molecule has 7 nitrogen and oxygen atoms in total. The Morgan fingerprint density at radius 3 is 2.44 bits per heavy atom. The largest absolute Gasteiger partial charge is 0.454 e. The molecule has 1 amide bonds. The first-order valence-electron chi connectivity index (χ1n) is 10.1. The summed E-state index contributed by atoms with van der Waals surface area (Å²) in [6, 6.07) is 17.8. The van der Waals surface area contributed by atoms with Crippen LogP contribution in [0.4, 0.5) is 17.1 Å². The number of anilines is 3. The van der Waals surface area contributed by atoms with Crippen LogP contribution in [0.25, 0.3) is 6.08 Å². The lowest BCUT2D eigenvalue weighted by Crippen LogP contribution is -2.12. The molecule has 0 fully saturated rings. The zero-order valence-electron chi connectivity index (χ0n) is 17.6. The zero-order chi connectivity index (χ0) is 22.5. The van der Waals surface area contributed by atoms with E-state index in [0.29, 0.717) is 46.2 Å². The minimum atomic E-state index is -0.223. The second-order valence-corrected chi connectivity index (χ2v) is 7.25. The second-order valence-electron chi connectivity index (χ2n) is 7.25. The van der Waals surface area contributed by atoms with Gasteiger partial charge in [-0.15, -0.1) is 0 Å². The number of fused-ring (bicyclic) bond motifs is 1. The van der Waals surface area contributed by atoms with Crippen molar-refractivity contribution in [3.8, 4) is 11.5 Å². The number of ketones is 1. The Hall–Kier alpha value is -4.26. The number of amides is 1. The molecule has 0 unspecified atom stereocenters. The summed E-state index contributed by atoms with van der Waals surface area (Å²) in [6.07, 6.45) is 3.87. The number of rotatable bonds is 7. The van der Waals surface area contributed by atoms with Gasteiger partial charge in [0, 0.05) is 29.4 Å². The Morgan fingerprint density at radius 2 is 1.72 bits per heavy atom. The first-order chi connectivity index (χ1) is 15.5. The molecule has 0 radical (unpaired) electrons. The molecule has 0 saturated carbocycles. The molecule has 162 valence electrons. The van der Waals surface area contributed by atoms with Crippen molar-refractivity contribution in [2.75, 3.05) is 29.7 Å². The molecule has 32 heavy (non-hydrogen) atoms. The minimum Gasteiger partial charge on any atom is -0.454 e. The van der Waals surface area contributed by atoms with E-state index in [1.807, 2.05) is 36.4 Å². The third kappa shape index (κ3) is 4.73. The van der Waals surface area contributed by atoms with Gasteiger partial charge in [-0.05, 0) is 42.8 Å². The number of nitrogen functional groups attached to an aromatic ring is 1. The van der Waals surface area contributed by atoms with Crippen molar-refractivity contribution in [1.29, 1.82) is 0 Å². The number of hydrogen-bond acceptors (Lipinski definition) is 6. The lowest BCUT2D eigenvalue weighted by Gasteiger charge is -2.10. The monoisotopic (exact) mass is 429 g/mol. The van der Waals surface area contributed by atoms with Crippen LogP contribution in [0.3, 0.4) is 0 Å². The van der Waals surface area contributed by atoms with E-state index in [1.54, 1.807) is 36.4 Å². The van der Waals surface area contributed by atoms with Crippen molar-refractivity contribution in [2.45, 2.75) is 6.92 Å². The summed E-state index contributed by atoms with van der Waals surface area (Å²) in [5.74, 6) is 0.920. The van der Waals surface area contributed by atoms with Crippen molar-refractivity contribution in [3.05, 3.63) is 83.4 Å². The van der Waals surface area contributed by atoms with Crippen LogP contribution in [-0.2, 0) is 0 Å². The molecule has 3 aromatic rings. The molecule has 0 spiro atoms. The van der Waals surface area contributed by atoms with Crippen molar-refractivity contribution < 1.29 is 19.1 Å². The summed E-state index contributed by atoms with van der Waals surface area (Å²) in [7, 11) is 0. The average molecular weight is 429 g/mol. The van der Waals surface area contributed by atoms with Crippen molar-refractivity contribution in [2.24, 2.45) is 0 Å². The number of hydrogen-bond donors (Lipinski definition) is 3. The molecular weight excluding hydrogens is 406 g/mol. The van der Waals surface area contributed by atoms with E-state index in [1.165, 1.54) is 6.92 Å². The Balaban J connectivity index is 1.36. The van der Waals surface area contributed by atoms with Crippen molar-refractivity contribution in [1.82, 2.24) is 0 Å². The third-order valence-corrected chi connectivity index (χ3v) is 4.99. The van der Waals surface area contributed by atoms with Gasteiger partial charge in [-0.25, -0.2) is 0 Å². The van der Waals surface area contributed by atoms with Gasteiger partial charge in [-0.1, -0.05) is 36.4 Å². The fourth-order valence-electron chi connectivity index (χ4n) is 3.29. The SMILES string of the molecule is CC(=O)c1cc2c(cc1NCC=Cc1ccc(C(=O)Nc3ccccc3N)cc1)OCO2. The number of carbonyl (C=O) groups excluding carboxylic acids is 2. The fourth-order valence-corrected chi connectivity index (χ4v) is 3.29. The maximum Gasteiger partial charge on any atom is 0.255 e. The number of carbonyl (C=O) groups is 2. The van der Waals surface area contributed by atoms with E-state index in [4.69, 9.17) is 15.2 Å². The molecule has 1 aliphatic rings. The quantitative estimate of drug-likeness (QED) is 0.375. The van der Waals surface area contributed by atoms with Gasteiger partial charge in [-0.2, -0.15) is 0 Å². The lowest BCUT2D eigenvalue weighted by molar-refractivity contribution is 0.101. The zero-order valence-corrected chi connectivity index (χ0v) is 17.6. The highest BCUT2D eigenvalue weighted by Crippen LogP contribution is 2.37. The van der Waals surface area contributed by atoms with E-state index in [-0.39, 0.29) is 18.5 Å². The molecule has 0 bridgehead atoms. The number of Topliss-reactive ketones (excluding diaryl/α,β-unsaturated/α-hetero) is 1. The van der Waals surface area contributed by atoms with E-state index < -0.39 is 0 Å². The molecule has 0 aliphatic carbocycles. The molecule has 4 rings (SSSR count). The third-order valence-electron chi connectivity index (χ3n) is 4.99. The van der Waals surface area contributed by atoms with Crippen LogP contribution in [0, 0.1) is 0 Å². The molecule has 1 aliphatic heterocycles. The highest BCUT2D eigenvalue weighted by molar-refractivity contribution is 6.05. The molecule has 3 aromatic carbocycles. The first-order valence-corrected chi connectivity index (χ1v) is 10.1. The van der Waals surface area contributed by atoms with Crippen molar-refractivity contribution in [3.63, 3.8) is 0 Å². The predicted octanol–water partition coefficient (Wildman–Crippen LogP) is 4.58. The Labute approximate surface area is 185 Å². The number of benzene rings is 3. The topological polar surface area (TPSA) is 103 Å². The van der Waals surface area contributed by atoms with Crippen LogP contribution in [0.1, 0.15) is 33.2 Å². The van der Waals surface area contributed by atoms with Gasteiger partial charge in [0.05, 0.1) is 11.4 Å². The molecule has 7 heteroatoms. The van der Waals surface area contributed by atoms with Crippen molar-refractivity contribution >= 4 is 34.8 Å². The molecule has 0 aromatic heterocycles. The van der Waals surface area contributed by atoms with Gasteiger partial charge >= 0.3 is 0 Å². The van der Waals surface area contributed by atoms with Crippen LogP contribution in [0.5, 0.6) is 11.5 Å². The lowest BCUT2D eigenvalue weighted by atomic mass is 10.1. The predicted molar refractivity (Wildman–Crippen MR) is 125 cm³/mol. The van der Waals surface area contributed by atoms with Gasteiger partial charge in [0.2, 0.25) is 6.79 Å². The standard InChI is InChI=1S/C25H23N3O4/c1-16(29)19-13-23-24(32-15-31-23)14-22(19)27-12-4-5-17-8-10-18(11-9-17)25(30)28-21-7-3-2-6-20(21)26/h2-11,13-14,27H,12,15,26H2,1H3,(H,28,30). The fraction of sp³-hybridized carbons (Fsp3) is 0.120. The normalized spacial score (nSPS) is 12.0. The van der Waals surface area contributed by atoms with E-state index in [0.717, 1.165) is 5.56 Å².